The largest absolute Gasteiger partial charge is 0.332 e. The van der Waals surface area contributed by atoms with E-state index in [1.54, 1.807) is 13.2 Å². The van der Waals surface area contributed by atoms with Crippen LogP contribution in [0.1, 0.15) is 5.69 Å². The molecule has 0 bridgehead atoms. The summed E-state index contributed by atoms with van der Waals surface area (Å²) in [7, 11) is 1.66. The van der Waals surface area contributed by atoms with Gasteiger partial charge < -0.3 is 4.90 Å². The second-order valence-electron chi connectivity index (χ2n) is 2.75. The predicted octanol–water partition coefficient (Wildman–Crippen LogP) is 1.91. The molecule has 1 aromatic rings. The van der Waals surface area contributed by atoms with Crippen LogP contribution in [0.25, 0.3) is 0 Å². The van der Waals surface area contributed by atoms with E-state index in [4.69, 9.17) is 11.6 Å². The van der Waals surface area contributed by atoms with Crippen LogP contribution in [0.4, 0.5) is 4.79 Å². The average molecular weight is 199 g/mol. The highest BCUT2D eigenvalue weighted by atomic mass is 35.5. The summed E-state index contributed by atoms with van der Waals surface area (Å²) < 4.78 is 0. The van der Waals surface area contributed by atoms with Crippen molar-refractivity contribution < 1.29 is 4.79 Å². The lowest BCUT2D eigenvalue weighted by Gasteiger charge is -2.11. The first-order chi connectivity index (χ1) is 6.20. The van der Waals surface area contributed by atoms with E-state index in [1.165, 1.54) is 4.90 Å². The summed E-state index contributed by atoms with van der Waals surface area (Å²) >= 11 is 5.26. The van der Waals surface area contributed by atoms with Crippen molar-refractivity contribution in [3.63, 3.8) is 0 Å². The molecule has 1 amide bonds. The molecule has 0 aliphatic rings. The van der Waals surface area contributed by atoms with Crippen molar-refractivity contribution in [1.82, 2.24) is 9.88 Å². The molecule has 3 nitrogen and oxygen atoms in total. The number of aromatic nitrogens is 1. The molecule has 0 aliphatic carbocycles. The fourth-order valence-electron chi connectivity index (χ4n) is 0.916. The molecular weight excluding hydrogens is 188 g/mol. The van der Waals surface area contributed by atoms with Crippen LogP contribution in [0.5, 0.6) is 0 Å². The van der Waals surface area contributed by atoms with E-state index in [-0.39, 0.29) is 0 Å². The Hall–Kier alpha value is -1.09. The highest BCUT2D eigenvalue weighted by Crippen LogP contribution is 1.98. The molecule has 0 saturated carbocycles. The first kappa shape index (κ1) is 9.99. The van der Waals surface area contributed by atoms with Crippen LogP contribution in [-0.2, 0) is 6.42 Å². The molecule has 0 unspecified atom stereocenters. The maximum Gasteiger partial charge on any atom is 0.316 e. The molecule has 0 N–H and O–H groups in total. The molecule has 1 rings (SSSR count). The summed E-state index contributed by atoms with van der Waals surface area (Å²) in [6.45, 7) is 0.597. The van der Waals surface area contributed by atoms with Gasteiger partial charge in [-0.2, -0.15) is 0 Å². The quantitative estimate of drug-likeness (QED) is 0.549. The number of rotatable bonds is 3. The van der Waals surface area contributed by atoms with Crippen molar-refractivity contribution in [1.29, 1.82) is 0 Å². The normalized spacial score (nSPS) is 9.69. The minimum atomic E-state index is -0.434. The summed E-state index contributed by atoms with van der Waals surface area (Å²) in [5, 5.41) is -0.434. The van der Waals surface area contributed by atoms with Crippen LogP contribution in [0, 0.1) is 0 Å². The molecule has 0 saturated heterocycles. The number of likely N-dealkylation sites (N-methyl/N-ethyl adjacent to an activating group) is 1. The molecule has 0 aliphatic heterocycles. The minimum Gasteiger partial charge on any atom is -0.332 e. The van der Waals surface area contributed by atoms with Crippen molar-refractivity contribution in [3.05, 3.63) is 30.1 Å². The van der Waals surface area contributed by atoms with Crippen LogP contribution in [0.3, 0.4) is 0 Å². The summed E-state index contributed by atoms with van der Waals surface area (Å²) in [5.41, 5.74) is 0.965. The summed E-state index contributed by atoms with van der Waals surface area (Å²) in [6, 6.07) is 5.71. The smallest absolute Gasteiger partial charge is 0.316 e. The number of hydrogen-bond acceptors (Lipinski definition) is 2. The molecule has 0 spiro atoms. The van der Waals surface area contributed by atoms with Gasteiger partial charge in [0.25, 0.3) is 0 Å². The number of carbonyl (C=O) groups is 1. The second kappa shape index (κ2) is 4.82. The van der Waals surface area contributed by atoms with Gasteiger partial charge in [-0.15, -0.1) is 0 Å². The lowest BCUT2D eigenvalue weighted by molar-refractivity contribution is 0.232. The molecule has 1 heterocycles. The monoisotopic (exact) mass is 198 g/mol. The molecule has 0 atom stereocenters. The van der Waals surface area contributed by atoms with Gasteiger partial charge in [-0.05, 0) is 23.7 Å². The summed E-state index contributed by atoms with van der Waals surface area (Å²) in [4.78, 5) is 16.2. The van der Waals surface area contributed by atoms with Gasteiger partial charge in [0, 0.05) is 31.9 Å². The number of amides is 1. The van der Waals surface area contributed by atoms with Gasteiger partial charge in [-0.1, -0.05) is 6.07 Å². The number of halogens is 1. The van der Waals surface area contributed by atoms with Crippen molar-refractivity contribution >= 4 is 17.0 Å². The number of carbonyl (C=O) groups excluding carboxylic acids is 1. The van der Waals surface area contributed by atoms with Crippen molar-refractivity contribution in [3.8, 4) is 0 Å². The Labute approximate surface area is 82.3 Å². The number of hydrogen-bond donors (Lipinski definition) is 0. The van der Waals surface area contributed by atoms with Crippen molar-refractivity contribution in [2.45, 2.75) is 6.42 Å². The van der Waals surface area contributed by atoms with Gasteiger partial charge in [0.1, 0.15) is 0 Å². The molecule has 4 heteroatoms. The van der Waals surface area contributed by atoms with E-state index >= 15 is 0 Å². The van der Waals surface area contributed by atoms with Gasteiger partial charge >= 0.3 is 5.37 Å². The third kappa shape index (κ3) is 3.42. The van der Waals surface area contributed by atoms with Crippen LogP contribution in [0.2, 0.25) is 0 Å². The fraction of sp³-hybridized carbons (Fsp3) is 0.333. The molecular formula is C9H11ClN2O. The van der Waals surface area contributed by atoms with Crippen molar-refractivity contribution in [2.75, 3.05) is 13.6 Å². The van der Waals surface area contributed by atoms with Crippen LogP contribution in [0.15, 0.2) is 24.4 Å². The van der Waals surface area contributed by atoms with Gasteiger partial charge in [0.2, 0.25) is 0 Å². The average Bonchev–Trinajstić information content (AvgIpc) is 2.15. The Morgan fingerprint density at radius 2 is 2.38 bits per heavy atom. The zero-order valence-corrected chi connectivity index (χ0v) is 8.16. The summed E-state index contributed by atoms with van der Waals surface area (Å²) in [6.07, 6.45) is 2.47. The van der Waals surface area contributed by atoms with Gasteiger partial charge in [0.15, 0.2) is 0 Å². The first-order valence-corrected chi connectivity index (χ1v) is 4.38. The molecule has 13 heavy (non-hydrogen) atoms. The predicted molar refractivity (Wildman–Crippen MR) is 51.8 cm³/mol. The number of nitrogens with zero attached hydrogens (tertiary/aromatic N) is 2. The maximum atomic E-state index is 10.6. The third-order valence-electron chi connectivity index (χ3n) is 1.73. The van der Waals surface area contributed by atoms with Crippen molar-refractivity contribution in [2.24, 2.45) is 0 Å². The Balaban J connectivity index is 2.39. The number of pyridine rings is 1. The lowest BCUT2D eigenvalue weighted by atomic mass is 10.3. The molecule has 0 fully saturated rings. The van der Waals surface area contributed by atoms with E-state index in [9.17, 15) is 4.79 Å². The highest BCUT2D eigenvalue weighted by molar-refractivity contribution is 6.62. The van der Waals surface area contributed by atoms with Gasteiger partial charge in [-0.25, -0.2) is 0 Å². The Bertz CT molecular complexity index is 276. The zero-order chi connectivity index (χ0) is 9.68. The molecule has 70 valence electrons. The first-order valence-electron chi connectivity index (χ1n) is 4.00. The SMILES string of the molecule is CN(CCc1ccccn1)C(=O)Cl. The van der Waals surface area contributed by atoms with E-state index in [0.29, 0.717) is 6.54 Å². The van der Waals surface area contributed by atoms with E-state index < -0.39 is 5.37 Å². The van der Waals surface area contributed by atoms with Crippen LogP contribution < -0.4 is 0 Å². The zero-order valence-electron chi connectivity index (χ0n) is 7.40. The Morgan fingerprint density at radius 1 is 1.62 bits per heavy atom. The maximum absolute atomic E-state index is 10.6. The third-order valence-corrected chi connectivity index (χ3v) is 2.02. The second-order valence-corrected chi connectivity index (χ2v) is 3.07. The van der Waals surface area contributed by atoms with E-state index in [1.807, 2.05) is 18.2 Å². The van der Waals surface area contributed by atoms with E-state index in [2.05, 4.69) is 4.98 Å². The Kier molecular flexibility index (Phi) is 3.71. The standard InChI is InChI=1S/C9H11ClN2O/c1-12(9(10)13)7-5-8-4-2-3-6-11-8/h2-4,6H,5,7H2,1H3. The van der Waals surface area contributed by atoms with Gasteiger partial charge in [-0.3, -0.25) is 9.78 Å². The lowest BCUT2D eigenvalue weighted by Crippen LogP contribution is -2.23. The van der Waals surface area contributed by atoms with E-state index in [0.717, 1.165) is 12.1 Å². The molecule has 1 aromatic heterocycles. The minimum absolute atomic E-state index is 0.434. The summed E-state index contributed by atoms with van der Waals surface area (Å²) in [5.74, 6) is 0. The van der Waals surface area contributed by atoms with Gasteiger partial charge in [0.05, 0.1) is 0 Å². The molecule has 0 radical (unpaired) electrons. The Morgan fingerprint density at radius 3 is 2.92 bits per heavy atom. The topological polar surface area (TPSA) is 33.2 Å². The highest BCUT2D eigenvalue weighted by Gasteiger charge is 2.03. The van der Waals surface area contributed by atoms with Crippen LogP contribution >= 0.6 is 11.6 Å². The molecule has 0 aromatic carbocycles. The van der Waals surface area contributed by atoms with Crippen LogP contribution in [-0.4, -0.2) is 28.8 Å². The fourth-order valence-corrected chi connectivity index (χ4v) is 1.00.